The zero-order chi connectivity index (χ0) is 20.1. The van der Waals surface area contributed by atoms with Gasteiger partial charge in [-0.25, -0.2) is 0 Å². The summed E-state index contributed by atoms with van der Waals surface area (Å²) in [6, 6.07) is 17.8. The second kappa shape index (κ2) is 7.96. The molecule has 1 aromatic heterocycles. The molecule has 0 saturated carbocycles. The van der Waals surface area contributed by atoms with E-state index in [9.17, 15) is 9.59 Å². The molecule has 0 aliphatic rings. The van der Waals surface area contributed by atoms with Gasteiger partial charge in [0.05, 0.1) is 5.69 Å². The van der Waals surface area contributed by atoms with Crippen LogP contribution in [0.1, 0.15) is 19.6 Å². The van der Waals surface area contributed by atoms with Gasteiger partial charge in [-0.2, -0.15) is 0 Å². The van der Waals surface area contributed by atoms with Crippen molar-refractivity contribution in [1.29, 1.82) is 0 Å². The average Bonchev–Trinajstić information content (AvgIpc) is 3.08. The van der Waals surface area contributed by atoms with Crippen molar-refractivity contribution in [3.8, 4) is 11.5 Å². The van der Waals surface area contributed by atoms with Gasteiger partial charge in [0.2, 0.25) is 11.8 Å². The van der Waals surface area contributed by atoms with Crippen LogP contribution in [0.25, 0.3) is 0 Å². The molecule has 28 heavy (non-hydrogen) atoms. The molecule has 0 radical (unpaired) electrons. The molecule has 7 nitrogen and oxygen atoms in total. The second-order valence-corrected chi connectivity index (χ2v) is 6.77. The van der Waals surface area contributed by atoms with Crippen LogP contribution in [0.2, 0.25) is 0 Å². The predicted octanol–water partition coefficient (Wildman–Crippen LogP) is 4.38. The monoisotopic (exact) mass is 379 g/mol. The molecule has 0 unspecified atom stereocenters. The summed E-state index contributed by atoms with van der Waals surface area (Å²) in [5.41, 5.74) is -0.887. The maximum Gasteiger partial charge on any atom is 0.240 e. The Morgan fingerprint density at radius 3 is 2.29 bits per heavy atom. The third kappa shape index (κ3) is 4.37. The number of nitrogens with one attached hydrogen (secondary N) is 2. The summed E-state index contributed by atoms with van der Waals surface area (Å²) in [6.07, 6.45) is 0. The minimum absolute atomic E-state index is 0.260. The molecule has 2 N–H and O–H groups in total. The Hall–Kier alpha value is -3.61. The maximum absolute atomic E-state index is 12.8. The van der Waals surface area contributed by atoms with Gasteiger partial charge in [-0.05, 0) is 45.0 Å². The van der Waals surface area contributed by atoms with E-state index in [1.165, 1.54) is 13.8 Å². The van der Waals surface area contributed by atoms with E-state index in [-0.39, 0.29) is 5.82 Å². The van der Waals surface area contributed by atoms with Gasteiger partial charge in [-0.3, -0.25) is 9.59 Å². The first-order chi connectivity index (χ1) is 13.4. The van der Waals surface area contributed by atoms with Crippen LogP contribution in [0.5, 0.6) is 11.5 Å². The van der Waals surface area contributed by atoms with Gasteiger partial charge >= 0.3 is 0 Å². The molecule has 0 fully saturated rings. The van der Waals surface area contributed by atoms with Gasteiger partial charge in [0.25, 0.3) is 0 Å². The number of aromatic nitrogens is 1. The molecule has 0 bridgehead atoms. The number of amides is 2. The molecule has 3 rings (SSSR count). The van der Waals surface area contributed by atoms with Gasteiger partial charge < -0.3 is 19.9 Å². The number of carbonyl (C=O) groups is 2. The number of para-hydroxylation sites is 3. The number of hydrogen-bond donors (Lipinski definition) is 2. The molecule has 2 aromatic carbocycles. The molecule has 144 valence electrons. The summed E-state index contributed by atoms with van der Waals surface area (Å²) < 4.78 is 10.8. The predicted molar refractivity (Wildman–Crippen MR) is 105 cm³/mol. The number of ether oxygens (including phenoxy) is 1. The second-order valence-electron chi connectivity index (χ2n) is 6.77. The molecule has 0 atom stereocenters. The van der Waals surface area contributed by atoms with Crippen molar-refractivity contribution in [3.63, 3.8) is 0 Å². The fraction of sp³-hybridized carbons (Fsp3) is 0.190. The van der Waals surface area contributed by atoms with Crippen molar-refractivity contribution in [2.24, 2.45) is 5.41 Å². The first kappa shape index (κ1) is 19.2. The van der Waals surface area contributed by atoms with Gasteiger partial charge in [0, 0.05) is 6.07 Å². The van der Waals surface area contributed by atoms with Crippen LogP contribution >= 0.6 is 0 Å². The molecular weight excluding hydrogens is 358 g/mol. The lowest BCUT2D eigenvalue weighted by molar-refractivity contribution is -0.135. The van der Waals surface area contributed by atoms with Crippen LogP contribution in [0.3, 0.4) is 0 Å². The van der Waals surface area contributed by atoms with Crippen molar-refractivity contribution in [2.45, 2.75) is 20.8 Å². The summed E-state index contributed by atoms with van der Waals surface area (Å²) in [5.74, 6) is 0.961. The zero-order valence-corrected chi connectivity index (χ0v) is 15.9. The fourth-order valence-electron chi connectivity index (χ4n) is 2.35. The van der Waals surface area contributed by atoms with E-state index in [0.717, 1.165) is 0 Å². The average molecular weight is 379 g/mol. The van der Waals surface area contributed by atoms with Crippen molar-refractivity contribution in [3.05, 3.63) is 66.4 Å². The Kier molecular flexibility index (Phi) is 5.44. The number of aryl methyl sites for hydroxylation is 1. The van der Waals surface area contributed by atoms with E-state index in [1.807, 2.05) is 30.3 Å². The van der Waals surface area contributed by atoms with Crippen molar-refractivity contribution < 1.29 is 18.8 Å². The van der Waals surface area contributed by atoms with Gasteiger partial charge in [0.15, 0.2) is 11.6 Å². The molecule has 3 aromatic rings. The van der Waals surface area contributed by atoms with Gasteiger partial charge in [-0.15, -0.1) is 0 Å². The number of carbonyl (C=O) groups excluding carboxylic acids is 2. The van der Waals surface area contributed by atoms with E-state index in [1.54, 1.807) is 37.3 Å². The lowest BCUT2D eigenvalue weighted by atomic mass is 9.91. The number of benzene rings is 2. The van der Waals surface area contributed by atoms with Crippen molar-refractivity contribution in [1.82, 2.24) is 5.16 Å². The Morgan fingerprint density at radius 1 is 0.964 bits per heavy atom. The SMILES string of the molecule is Cc1cc(NC(=O)C(C)(C)C(=O)Nc2ccccc2Oc2ccccc2)no1. The van der Waals surface area contributed by atoms with E-state index in [4.69, 9.17) is 9.26 Å². The summed E-state index contributed by atoms with van der Waals surface area (Å²) >= 11 is 0. The van der Waals surface area contributed by atoms with E-state index >= 15 is 0 Å². The van der Waals surface area contributed by atoms with Crippen LogP contribution < -0.4 is 15.4 Å². The minimum Gasteiger partial charge on any atom is -0.455 e. The molecule has 0 saturated heterocycles. The molecular formula is C21H21N3O4. The summed E-state index contributed by atoms with van der Waals surface area (Å²) in [6.45, 7) is 4.78. The zero-order valence-electron chi connectivity index (χ0n) is 15.9. The third-order valence-electron chi connectivity index (χ3n) is 4.11. The smallest absolute Gasteiger partial charge is 0.240 e. The normalized spacial score (nSPS) is 11.0. The highest BCUT2D eigenvalue weighted by molar-refractivity contribution is 6.14. The largest absolute Gasteiger partial charge is 0.455 e. The lowest BCUT2D eigenvalue weighted by Gasteiger charge is -2.22. The quantitative estimate of drug-likeness (QED) is 0.620. The standard InChI is InChI=1S/C21H21N3O4/c1-14-13-18(24-28-14)23-20(26)21(2,3)19(25)22-16-11-7-8-12-17(16)27-15-9-5-4-6-10-15/h4-13H,1-3H3,(H,22,25)(H,23,24,26). The first-order valence-electron chi connectivity index (χ1n) is 8.74. The van der Waals surface area contributed by atoms with Crippen LogP contribution in [0.15, 0.2) is 65.2 Å². The number of rotatable bonds is 6. The van der Waals surface area contributed by atoms with Crippen molar-refractivity contribution in [2.75, 3.05) is 10.6 Å². The molecule has 0 aliphatic heterocycles. The number of hydrogen-bond acceptors (Lipinski definition) is 5. The summed E-state index contributed by atoms with van der Waals surface area (Å²) in [4.78, 5) is 25.4. The molecule has 2 amide bonds. The van der Waals surface area contributed by atoms with Crippen LogP contribution in [0, 0.1) is 12.3 Å². The van der Waals surface area contributed by atoms with Crippen LogP contribution in [-0.4, -0.2) is 17.0 Å². The Bertz CT molecular complexity index is 980. The van der Waals surface area contributed by atoms with Crippen molar-refractivity contribution >= 4 is 23.3 Å². The maximum atomic E-state index is 12.8. The Labute approximate surface area is 162 Å². The summed E-state index contributed by atoms with van der Waals surface area (Å²) in [7, 11) is 0. The topological polar surface area (TPSA) is 93.5 Å². The summed E-state index contributed by atoms with van der Waals surface area (Å²) in [5, 5.41) is 9.08. The molecule has 1 heterocycles. The number of nitrogens with zero attached hydrogens (tertiary/aromatic N) is 1. The van der Waals surface area contributed by atoms with E-state index in [2.05, 4.69) is 15.8 Å². The highest BCUT2D eigenvalue weighted by atomic mass is 16.5. The fourth-order valence-corrected chi connectivity index (χ4v) is 2.35. The third-order valence-corrected chi connectivity index (χ3v) is 4.11. The van der Waals surface area contributed by atoms with Crippen LogP contribution in [0.4, 0.5) is 11.5 Å². The van der Waals surface area contributed by atoms with Gasteiger partial charge in [-0.1, -0.05) is 35.5 Å². The van der Waals surface area contributed by atoms with E-state index < -0.39 is 17.2 Å². The van der Waals surface area contributed by atoms with Crippen LogP contribution in [-0.2, 0) is 9.59 Å². The molecule has 0 aliphatic carbocycles. The van der Waals surface area contributed by atoms with Gasteiger partial charge in [0.1, 0.15) is 16.9 Å². The Morgan fingerprint density at radius 2 is 1.61 bits per heavy atom. The lowest BCUT2D eigenvalue weighted by Crippen LogP contribution is -2.41. The number of anilines is 2. The molecule has 0 spiro atoms. The highest BCUT2D eigenvalue weighted by Crippen LogP contribution is 2.31. The minimum atomic E-state index is -1.35. The first-order valence-corrected chi connectivity index (χ1v) is 8.74. The molecule has 7 heteroatoms. The Balaban J connectivity index is 1.73. The van der Waals surface area contributed by atoms with E-state index in [0.29, 0.717) is 22.9 Å². The highest BCUT2D eigenvalue weighted by Gasteiger charge is 2.37.